The average Bonchev–Trinajstić information content (AvgIpc) is 2.51. The van der Waals surface area contributed by atoms with Crippen molar-refractivity contribution >= 4 is 33.3 Å². The van der Waals surface area contributed by atoms with Crippen LogP contribution in [0.2, 0.25) is 0 Å². The molecule has 2 rings (SSSR count). The molecule has 2 atom stereocenters. The molecule has 4 nitrogen and oxygen atoms in total. The highest BCUT2D eigenvalue weighted by Gasteiger charge is 2.39. The largest absolute Gasteiger partial charge is 0.391 e. The number of fused-ring (bicyclic) bond motifs is 1. The van der Waals surface area contributed by atoms with Crippen LogP contribution in [0.4, 0.5) is 5.69 Å². The molecule has 0 fully saturated rings. The number of amides is 1. The molecule has 0 bridgehead atoms. The van der Waals surface area contributed by atoms with Crippen molar-refractivity contribution in [3.8, 4) is 0 Å². The summed E-state index contributed by atoms with van der Waals surface area (Å²) in [6.07, 6.45) is -0.693. The molecule has 0 aromatic heterocycles. The average molecular weight is 298 g/mol. The topological polar surface area (TPSA) is 57.6 Å². The molecule has 1 aromatic carbocycles. The molecule has 0 saturated heterocycles. The van der Waals surface area contributed by atoms with Crippen molar-refractivity contribution in [2.24, 2.45) is 0 Å². The summed E-state index contributed by atoms with van der Waals surface area (Å²) >= 11 is 3.27. The first-order valence-corrected chi connectivity index (χ1v) is 6.08. The zero-order chi connectivity index (χ0) is 12.7. The van der Waals surface area contributed by atoms with Gasteiger partial charge in [0.1, 0.15) is 0 Å². The van der Waals surface area contributed by atoms with Gasteiger partial charge in [0.2, 0.25) is 0 Å². The summed E-state index contributed by atoms with van der Waals surface area (Å²) in [7, 11) is 0. The number of Topliss-reactive ketones (excluding diaryl/α,β-unsaturated/α-hetero) is 1. The lowest BCUT2D eigenvalue weighted by molar-refractivity contribution is -0.115. The fourth-order valence-corrected chi connectivity index (χ4v) is 2.22. The molecule has 1 N–H and O–H groups in total. The van der Waals surface area contributed by atoms with Crippen molar-refractivity contribution < 1.29 is 14.7 Å². The molecular weight excluding hydrogens is 286 g/mol. The monoisotopic (exact) mass is 297 g/mol. The summed E-state index contributed by atoms with van der Waals surface area (Å²) in [5, 5.41) is 9.55. The van der Waals surface area contributed by atoms with Gasteiger partial charge >= 0.3 is 0 Å². The Labute approximate surface area is 107 Å². The van der Waals surface area contributed by atoms with Gasteiger partial charge in [0.15, 0.2) is 0 Å². The summed E-state index contributed by atoms with van der Waals surface area (Å²) in [5.41, 5.74) is 0.952. The standard InChI is InChI=1S/C12H12BrNO3/c1-6(7(2)15)14-10-4-3-8(13)5-9(10)11(16)12(14)17/h3-7,15H,1-2H3. The number of carbonyl (C=O) groups excluding carboxylic acids is 2. The molecule has 1 heterocycles. The first-order valence-electron chi connectivity index (χ1n) is 5.29. The van der Waals surface area contributed by atoms with Crippen molar-refractivity contribution in [2.45, 2.75) is 26.0 Å². The second-order valence-corrected chi connectivity index (χ2v) is 5.06. The summed E-state index contributed by atoms with van der Waals surface area (Å²) in [5.74, 6) is -1.10. The lowest BCUT2D eigenvalue weighted by Crippen LogP contribution is -2.43. The maximum Gasteiger partial charge on any atom is 0.299 e. The van der Waals surface area contributed by atoms with E-state index in [-0.39, 0.29) is 0 Å². The number of anilines is 1. The minimum Gasteiger partial charge on any atom is -0.391 e. The van der Waals surface area contributed by atoms with Gasteiger partial charge in [0, 0.05) is 4.47 Å². The van der Waals surface area contributed by atoms with Crippen LogP contribution in [0.5, 0.6) is 0 Å². The Morgan fingerprint density at radius 3 is 2.53 bits per heavy atom. The third kappa shape index (κ3) is 1.89. The highest BCUT2D eigenvalue weighted by Crippen LogP contribution is 2.33. The molecule has 0 aliphatic carbocycles. The zero-order valence-corrected chi connectivity index (χ0v) is 11.1. The van der Waals surface area contributed by atoms with Gasteiger partial charge in [-0.15, -0.1) is 0 Å². The zero-order valence-electron chi connectivity index (χ0n) is 9.48. The number of halogens is 1. The highest BCUT2D eigenvalue weighted by atomic mass is 79.9. The van der Waals surface area contributed by atoms with Crippen LogP contribution in [0, 0.1) is 0 Å². The van der Waals surface area contributed by atoms with E-state index < -0.39 is 23.8 Å². The second-order valence-electron chi connectivity index (χ2n) is 4.15. The maximum absolute atomic E-state index is 11.9. The van der Waals surface area contributed by atoms with Crippen LogP contribution in [0.3, 0.4) is 0 Å². The van der Waals surface area contributed by atoms with E-state index in [2.05, 4.69) is 15.9 Å². The van der Waals surface area contributed by atoms with Gasteiger partial charge in [-0.05, 0) is 32.0 Å². The Hall–Kier alpha value is -1.20. The van der Waals surface area contributed by atoms with E-state index in [1.165, 1.54) is 4.90 Å². The highest BCUT2D eigenvalue weighted by molar-refractivity contribution is 9.10. The number of benzene rings is 1. The fraction of sp³-hybridized carbons (Fsp3) is 0.333. The molecule has 0 saturated carbocycles. The van der Waals surface area contributed by atoms with Gasteiger partial charge in [-0.2, -0.15) is 0 Å². The Morgan fingerprint density at radius 1 is 1.29 bits per heavy atom. The van der Waals surface area contributed by atoms with Crippen molar-refractivity contribution in [3.63, 3.8) is 0 Å². The smallest absolute Gasteiger partial charge is 0.299 e. The third-order valence-corrected chi connectivity index (χ3v) is 3.47. The molecule has 90 valence electrons. The van der Waals surface area contributed by atoms with E-state index in [9.17, 15) is 14.7 Å². The molecule has 5 heteroatoms. The predicted octanol–water partition coefficient (Wildman–Crippen LogP) is 1.75. The van der Waals surface area contributed by atoms with Crippen molar-refractivity contribution in [3.05, 3.63) is 28.2 Å². The first-order chi connectivity index (χ1) is 7.93. The molecular formula is C12H12BrNO3. The number of rotatable bonds is 2. The van der Waals surface area contributed by atoms with Crippen LogP contribution in [-0.2, 0) is 4.79 Å². The van der Waals surface area contributed by atoms with Crippen molar-refractivity contribution in [1.29, 1.82) is 0 Å². The molecule has 1 aromatic rings. The van der Waals surface area contributed by atoms with Crippen molar-refractivity contribution in [1.82, 2.24) is 0 Å². The minimum absolute atomic E-state index is 0.386. The van der Waals surface area contributed by atoms with E-state index in [4.69, 9.17) is 0 Å². The SMILES string of the molecule is CC(O)C(C)N1C(=O)C(=O)c2cc(Br)ccc21. The van der Waals surface area contributed by atoms with E-state index in [0.29, 0.717) is 11.3 Å². The quantitative estimate of drug-likeness (QED) is 0.846. The molecule has 2 unspecified atom stereocenters. The van der Waals surface area contributed by atoms with Gasteiger partial charge in [-0.1, -0.05) is 15.9 Å². The summed E-state index contributed by atoms with van der Waals surface area (Å²) in [6, 6.07) is 4.69. The molecule has 17 heavy (non-hydrogen) atoms. The van der Waals surface area contributed by atoms with Crippen LogP contribution in [0.1, 0.15) is 24.2 Å². The Bertz CT molecular complexity index is 499. The van der Waals surface area contributed by atoms with Crippen LogP contribution in [0.25, 0.3) is 0 Å². The van der Waals surface area contributed by atoms with Crippen LogP contribution in [0.15, 0.2) is 22.7 Å². The van der Waals surface area contributed by atoms with Crippen LogP contribution in [-0.4, -0.2) is 28.9 Å². The number of hydrogen-bond donors (Lipinski definition) is 1. The van der Waals surface area contributed by atoms with Gasteiger partial charge in [0.05, 0.1) is 23.4 Å². The Kier molecular flexibility index (Phi) is 3.05. The number of nitrogens with zero attached hydrogens (tertiary/aromatic N) is 1. The van der Waals surface area contributed by atoms with E-state index in [1.807, 2.05) is 0 Å². The number of aliphatic hydroxyl groups is 1. The summed E-state index contributed by atoms with van der Waals surface area (Å²) in [4.78, 5) is 25.0. The minimum atomic E-state index is -0.693. The molecule has 0 radical (unpaired) electrons. The van der Waals surface area contributed by atoms with Gasteiger partial charge < -0.3 is 5.11 Å². The van der Waals surface area contributed by atoms with Gasteiger partial charge in [-0.3, -0.25) is 14.5 Å². The van der Waals surface area contributed by atoms with Gasteiger partial charge in [-0.25, -0.2) is 0 Å². The normalized spacial score (nSPS) is 18.2. The Morgan fingerprint density at radius 2 is 1.94 bits per heavy atom. The van der Waals surface area contributed by atoms with Crippen molar-refractivity contribution in [2.75, 3.05) is 4.90 Å². The lowest BCUT2D eigenvalue weighted by atomic mass is 10.1. The summed E-state index contributed by atoms with van der Waals surface area (Å²) in [6.45, 7) is 3.31. The second kappa shape index (κ2) is 4.23. The van der Waals surface area contributed by atoms with E-state index >= 15 is 0 Å². The van der Waals surface area contributed by atoms with E-state index in [0.717, 1.165) is 4.47 Å². The lowest BCUT2D eigenvalue weighted by Gasteiger charge is -2.26. The fourth-order valence-electron chi connectivity index (χ4n) is 1.85. The number of hydrogen-bond acceptors (Lipinski definition) is 3. The number of carbonyl (C=O) groups is 2. The summed E-state index contributed by atoms with van der Waals surface area (Å²) < 4.78 is 0.754. The van der Waals surface area contributed by atoms with Crippen LogP contribution >= 0.6 is 15.9 Å². The van der Waals surface area contributed by atoms with Gasteiger partial charge in [0.25, 0.3) is 11.7 Å². The number of ketones is 1. The maximum atomic E-state index is 11.9. The molecule has 1 aliphatic heterocycles. The first kappa shape index (κ1) is 12.3. The third-order valence-electron chi connectivity index (χ3n) is 2.98. The molecule has 1 amide bonds. The number of aliphatic hydroxyl groups excluding tert-OH is 1. The molecule has 0 spiro atoms. The van der Waals surface area contributed by atoms with E-state index in [1.54, 1.807) is 32.0 Å². The van der Waals surface area contributed by atoms with Crippen LogP contribution < -0.4 is 4.90 Å². The molecule has 1 aliphatic rings. The predicted molar refractivity (Wildman–Crippen MR) is 67.1 cm³/mol. The Balaban J connectivity index is 2.52.